The van der Waals surface area contributed by atoms with E-state index in [-0.39, 0.29) is 30.2 Å². The van der Waals surface area contributed by atoms with E-state index >= 15 is 0 Å². The molecule has 2 N–H and O–H groups in total. The Labute approximate surface area is 221 Å². The van der Waals surface area contributed by atoms with Crippen LogP contribution in [0, 0.1) is 0 Å². The first-order valence-electron chi connectivity index (χ1n) is 12.6. The lowest BCUT2D eigenvalue weighted by atomic mass is 9.94. The molecule has 1 saturated carbocycles. The molecule has 1 aliphatic rings. The lowest BCUT2D eigenvalue weighted by molar-refractivity contribution is -0.127. The van der Waals surface area contributed by atoms with Gasteiger partial charge in [0.1, 0.15) is 11.8 Å². The number of hydrogen-bond donors (Lipinski definition) is 2. The number of hydrogen-bond acceptors (Lipinski definition) is 5. The zero-order chi connectivity index (χ0) is 26.2. The van der Waals surface area contributed by atoms with E-state index in [2.05, 4.69) is 10.6 Å². The van der Waals surface area contributed by atoms with Crippen LogP contribution in [0.1, 0.15) is 55.5 Å². The van der Waals surface area contributed by atoms with Crippen molar-refractivity contribution in [2.45, 2.75) is 57.5 Å². The van der Waals surface area contributed by atoms with E-state index < -0.39 is 6.04 Å². The van der Waals surface area contributed by atoms with Crippen LogP contribution in [0.2, 0.25) is 0 Å². The number of benzene rings is 2. The molecule has 4 rings (SSSR count). The third-order valence-corrected chi connectivity index (χ3v) is 7.38. The standard InChI is InChI=1S/C29H33N3O4S/c1-20(33)30-23-13-15-24(16-14-23)32(27(34)19-26-12-7-17-37-26)28(21-8-6-11-25(18-21)36-2)29(35)31-22-9-4-3-5-10-22/h6-8,11-18,22,28H,3-5,9-10,19H2,1-2H3,(H,30,33)(H,31,35)/t28-/m0/s1. The predicted molar refractivity (Wildman–Crippen MR) is 147 cm³/mol. The minimum atomic E-state index is -0.892. The molecule has 8 heteroatoms. The molecule has 1 aliphatic carbocycles. The molecular formula is C29H33N3O4S. The Morgan fingerprint density at radius 2 is 1.78 bits per heavy atom. The first kappa shape index (κ1) is 26.4. The smallest absolute Gasteiger partial charge is 0.248 e. The van der Waals surface area contributed by atoms with Crippen LogP contribution >= 0.6 is 11.3 Å². The van der Waals surface area contributed by atoms with Gasteiger partial charge in [-0.05, 0) is 66.2 Å². The molecule has 0 saturated heterocycles. The molecular weight excluding hydrogens is 486 g/mol. The van der Waals surface area contributed by atoms with Crippen LogP contribution in [0.5, 0.6) is 5.75 Å². The summed E-state index contributed by atoms with van der Waals surface area (Å²) in [6, 6.07) is 17.3. The molecule has 37 heavy (non-hydrogen) atoms. The molecule has 194 valence electrons. The lowest BCUT2D eigenvalue weighted by Gasteiger charge is -2.33. The fourth-order valence-electron chi connectivity index (χ4n) is 4.75. The van der Waals surface area contributed by atoms with Crippen LogP contribution in [0.3, 0.4) is 0 Å². The minimum Gasteiger partial charge on any atom is -0.497 e. The van der Waals surface area contributed by atoms with Gasteiger partial charge in [0.15, 0.2) is 0 Å². The maximum atomic E-state index is 13.9. The van der Waals surface area contributed by atoms with Crippen LogP contribution in [0.4, 0.5) is 11.4 Å². The number of nitrogens with one attached hydrogen (secondary N) is 2. The number of methoxy groups -OCH3 is 1. The number of rotatable bonds is 9. The monoisotopic (exact) mass is 519 g/mol. The molecule has 2 aromatic carbocycles. The third kappa shape index (κ3) is 6.98. The van der Waals surface area contributed by atoms with Crippen molar-refractivity contribution in [3.8, 4) is 5.75 Å². The van der Waals surface area contributed by atoms with E-state index in [1.807, 2.05) is 41.8 Å². The topological polar surface area (TPSA) is 87.7 Å². The van der Waals surface area contributed by atoms with Crippen molar-refractivity contribution >= 4 is 40.4 Å². The Hall–Kier alpha value is -3.65. The zero-order valence-corrected chi connectivity index (χ0v) is 22.1. The second kappa shape index (κ2) is 12.5. The molecule has 3 amide bonds. The summed E-state index contributed by atoms with van der Waals surface area (Å²) in [6.07, 6.45) is 5.39. The SMILES string of the molecule is COc1cccc([C@@H](C(=O)NC2CCCCC2)N(C(=O)Cc2cccs2)c2ccc(NC(C)=O)cc2)c1. The van der Waals surface area contributed by atoms with Crippen LogP contribution in [-0.2, 0) is 20.8 Å². The Morgan fingerprint density at radius 3 is 2.43 bits per heavy atom. The Bertz CT molecular complexity index is 1200. The molecule has 3 aromatic rings. The molecule has 0 aliphatic heterocycles. The van der Waals surface area contributed by atoms with Gasteiger partial charge in [0.2, 0.25) is 17.7 Å². The second-order valence-corrected chi connectivity index (χ2v) is 10.3. The van der Waals surface area contributed by atoms with Gasteiger partial charge in [0, 0.05) is 29.2 Å². The Morgan fingerprint density at radius 1 is 1.03 bits per heavy atom. The van der Waals surface area contributed by atoms with Gasteiger partial charge in [-0.15, -0.1) is 11.3 Å². The molecule has 7 nitrogen and oxygen atoms in total. The van der Waals surface area contributed by atoms with Gasteiger partial charge in [0.25, 0.3) is 0 Å². The summed E-state index contributed by atoms with van der Waals surface area (Å²) < 4.78 is 5.44. The molecule has 0 spiro atoms. The van der Waals surface area contributed by atoms with Crippen molar-refractivity contribution in [3.05, 3.63) is 76.5 Å². The largest absolute Gasteiger partial charge is 0.497 e. The summed E-state index contributed by atoms with van der Waals surface area (Å²) >= 11 is 1.51. The average Bonchev–Trinajstić information content (AvgIpc) is 3.41. The molecule has 0 bridgehead atoms. The summed E-state index contributed by atoms with van der Waals surface area (Å²) in [5, 5.41) is 7.92. The van der Waals surface area contributed by atoms with Crippen LogP contribution in [0.25, 0.3) is 0 Å². The molecule has 1 atom stereocenters. The molecule has 1 heterocycles. The number of amides is 3. The third-order valence-electron chi connectivity index (χ3n) is 6.51. The van der Waals surface area contributed by atoms with Gasteiger partial charge < -0.3 is 15.4 Å². The fraction of sp³-hybridized carbons (Fsp3) is 0.345. The molecule has 1 fully saturated rings. The molecule has 1 aromatic heterocycles. The van der Waals surface area contributed by atoms with Crippen molar-refractivity contribution in [2.75, 3.05) is 17.3 Å². The van der Waals surface area contributed by atoms with E-state index in [1.54, 1.807) is 36.3 Å². The van der Waals surface area contributed by atoms with E-state index in [1.165, 1.54) is 24.7 Å². The maximum Gasteiger partial charge on any atom is 0.248 e. The van der Waals surface area contributed by atoms with Crippen molar-refractivity contribution in [3.63, 3.8) is 0 Å². The summed E-state index contributed by atoms with van der Waals surface area (Å²) in [5.41, 5.74) is 1.85. The summed E-state index contributed by atoms with van der Waals surface area (Å²) in [4.78, 5) is 41.8. The van der Waals surface area contributed by atoms with Crippen LogP contribution in [-0.4, -0.2) is 30.9 Å². The number of ether oxygens (including phenoxy) is 1. The van der Waals surface area contributed by atoms with Gasteiger partial charge in [-0.25, -0.2) is 0 Å². The first-order valence-corrected chi connectivity index (χ1v) is 13.5. The summed E-state index contributed by atoms with van der Waals surface area (Å²) in [6.45, 7) is 1.44. The van der Waals surface area contributed by atoms with Crippen molar-refractivity contribution in [1.29, 1.82) is 0 Å². The van der Waals surface area contributed by atoms with Gasteiger partial charge in [-0.2, -0.15) is 0 Å². The highest BCUT2D eigenvalue weighted by atomic mass is 32.1. The van der Waals surface area contributed by atoms with Crippen LogP contribution in [0.15, 0.2) is 66.0 Å². The van der Waals surface area contributed by atoms with E-state index in [0.717, 1.165) is 30.6 Å². The highest BCUT2D eigenvalue weighted by molar-refractivity contribution is 7.10. The lowest BCUT2D eigenvalue weighted by Crippen LogP contribution is -2.47. The van der Waals surface area contributed by atoms with Gasteiger partial charge in [0.05, 0.1) is 13.5 Å². The summed E-state index contributed by atoms with van der Waals surface area (Å²) in [7, 11) is 1.58. The summed E-state index contributed by atoms with van der Waals surface area (Å²) in [5.74, 6) is 0.0195. The molecule has 0 radical (unpaired) electrons. The first-order chi connectivity index (χ1) is 17.9. The number of nitrogens with zero attached hydrogens (tertiary/aromatic N) is 1. The van der Waals surface area contributed by atoms with Gasteiger partial charge >= 0.3 is 0 Å². The van der Waals surface area contributed by atoms with E-state index in [4.69, 9.17) is 4.74 Å². The number of carbonyl (C=O) groups is 3. The van der Waals surface area contributed by atoms with Gasteiger partial charge in [-0.3, -0.25) is 19.3 Å². The fourth-order valence-corrected chi connectivity index (χ4v) is 5.45. The quantitative estimate of drug-likeness (QED) is 0.392. The zero-order valence-electron chi connectivity index (χ0n) is 21.2. The van der Waals surface area contributed by atoms with E-state index in [0.29, 0.717) is 22.7 Å². The maximum absolute atomic E-state index is 13.9. The van der Waals surface area contributed by atoms with Crippen molar-refractivity contribution in [2.24, 2.45) is 0 Å². The van der Waals surface area contributed by atoms with Gasteiger partial charge in [-0.1, -0.05) is 37.5 Å². The molecule has 0 unspecified atom stereocenters. The van der Waals surface area contributed by atoms with Crippen LogP contribution < -0.4 is 20.3 Å². The van der Waals surface area contributed by atoms with Crippen molar-refractivity contribution < 1.29 is 19.1 Å². The Kier molecular flexibility index (Phi) is 8.95. The highest BCUT2D eigenvalue weighted by Crippen LogP contribution is 2.32. The van der Waals surface area contributed by atoms with Crippen molar-refractivity contribution in [1.82, 2.24) is 5.32 Å². The number of thiophene rings is 1. The Balaban J connectivity index is 1.76. The predicted octanol–water partition coefficient (Wildman–Crippen LogP) is 5.48. The number of carbonyl (C=O) groups excluding carboxylic acids is 3. The normalized spacial score (nSPS) is 14.4. The second-order valence-electron chi connectivity index (χ2n) is 9.27. The van der Waals surface area contributed by atoms with E-state index in [9.17, 15) is 14.4 Å². The minimum absolute atomic E-state index is 0.0887. The number of anilines is 2. The average molecular weight is 520 g/mol. The highest BCUT2D eigenvalue weighted by Gasteiger charge is 2.34.